The van der Waals surface area contributed by atoms with Gasteiger partial charge in [-0.05, 0) is 24.0 Å². The highest BCUT2D eigenvalue weighted by Gasteiger charge is 2.27. The number of aldehydes is 1. The molecule has 3 nitrogen and oxygen atoms in total. The second-order valence-electron chi connectivity index (χ2n) is 7.11. The summed E-state index contributed by atoms with van der Waals surface area (Å²) in [4.78, 5) is 18.8. The number of benzene rings is 1. The van der Waals surface area contributed by atoms with Crippen molar-refractivity contribution in [2.45, 2.75) is 52.9 Å². The van der Waals surface area contributed by atoms with Crippen molar-refractivity contribution in [3.05, 3.63) is 46.1 Å². The van der Waals surface area contributed by atoms with Gasteiger partial charge in [-0.25, -0.2) is 4.98 Å². The van der Waals surface area contributed by atoms with Crippen molar-refractivity contribution >= 4 is 22.6 Å². The van der Waals surface area contributed by atoms with Gasteiger partial charge in [0.2, 0.25) is 0 Å². The SMILES string of the molecule is CCc1ccc(-c2c(CC)sc3nc(C(C)(C)C)c(C=O)n23)cc1. The van der Waals surface area contributed by atoms with Gasteiger partial charge in [-0.3, -0.25) is 9.20 Å². The lowest BCUT2D eigenvalue weighted by molar-refractivity contribution is 0.111. The summed E-state index contributed by atoms with van der Waals surface area (Å²) in [5.41, 5.74) is 4.99. The zero-order chi connectivity index (χ0) is 17.5. The van der Waals surface area contributed by atoms with Gasteiger partial charge < -0.3 is 0 Å². The third kappa shape index (κ3) is 2.69. The summed E-state index contributed by atoms with van der Waals surface area (Å²) < 4.78 is 2.05. The Morgan fingerprint density at radius 3 is 2.29 bits per heavy atom. The summed E-state index contributed by atoms with van der Waals surface area (Å²) >= 11 is 1.69. The third-order valence-corrected chi connectivity index (χ3v) is 5.55. The fourth-order valence-electron chi connectivity index (χ4n) is 3.07. The lowest BCUT2D eigenvalue weighted by atomic mass is 9.91. The molecule has 3 aromatic rings. The molecule has 0 aliphatic rings. The van der Waals surface area contributed by atoms with Crippen molar-refractivity contribution < 1.29 is 4.79 Å². The molecule has 3 rings (SSSR count). The van der Waals surface area contributed by atoms with Crippen molar-refractivity contribution in [2.24, 2.45) is 0 Å². The molecule has 0 saturated heterocycles. The first-order chi connectivity index (χ1) is 11.4. The van der Waals surface area contributed by atoms with Gasteiger partial charge in [0.25, 0.3) is 0 Å². The monoisotopic (exact) mass is 340 g/mol. The minimum atomic E-state index is -0.155. The highest BCUT2D eigenvalue weighted by Crippen LogP contribution is 2.36. The zero-order valence-corrected chi connectivity index (χ0v) is 15.8. The molecule has 2 heterocycles. The average molecular weight is 340 g/mol. The third-order valence-electron chi connectivity index (χ3n) is 4.36. The number of fused-ring (bicyclic) bond motifs is 1. The highest BCUT2D eigenvalue weighted by atomic mass is 32.1. The number of carbonyl (C=O) groups is 1. The van der Waals surface area contributed by atoms with Crippen molar-refractivity contribution in [3.8, 4) is 11.3 Å². The summed E-state index contributed by atoms with van der Waals surface area (Å²) in [7, 11) is 0. The Labute approximate surface area is 147 Å². The number of rotatable bonds is 4. The van der Waals surface area contributed by atoms with Crippen LogP contribution in [0.15, 0.2) is 24.3 Å². The van der Waals surface area contributed by atoms with Gasteiger partial charge in [-0.2, -0.15) is 0 Å². The molecule has 0 fully saturated rings. The molecule has 0 amide bonds. The first kappa shape index (κ1) is 16.9. The van der Waals surface area contributed by atoms with Crippen LogP contribution in [0.2, 0.25) is 0 Å². The Morgan fingerprint density at radius 2 is 1.79 bits per heavy atom. The van der Waals surface area contributed by atoms with Gasteiger partial charge in [0.1, 0.15) is 5.69 Å². The maximum atomic E-state index is 11.9. The van der Waals surface area contributed by atoms with E-state index in [1.165, 1.54) is 10.4 Å². The number of imidazole rings is 1. The Bertz CT molecular complexity index is 879. The first-order valence-electron chi connectivity index (χ1n) is 8.49. The van der Waals surface area contributed by atoms with Gasteiger partial charge >= 0.3 is 0 Å². The summed E-state index contributed by atoms with van der Waals surface area (Å²) in [6.07, 6.45) is 2.91. The second-order valence-corrected chi connectivity index (χ2v) is 8.17. The van der Waals surface area contributed by atoms with Crippen LogP contribution in [-0.4, -0.2) is 15.7 Å². The molecular formula is C20H24N2OS. The minimum absolute atomic E-state index is 0.155. The van der Waals surface area contributed by atoms with Crippen LogP contribution in [0.1, 0.15) is 61.2 Å². The minimum Gasteiger partial charge on any atom is -0.296 e. The van der Waals surface area contributed by atoms with Crippen LogP contribution >= 0.6 is 11.3 Å². The van der Waals surface area contributed by atoms with Gasteiger partial charge in [0.05, 0.1) is 11.4 Å². The molecule has 0 N–H and O–H groups in total. The van der Waals surface area contributed by atoms with Crippen LogP contribution in [-0.2, 0) is 18.3 Å². The summed E-state index contributed by atoms with van der Waals surface area (Å²) in [5, 5.41) is 0. The van der Waals surface area contributed by atoms with Crippen LogP contribution in [0.5, 0.6) is 0 Å². The molecular weight excluding hydrogens is 316 g/mol. The summed E-state index contributed by atoms with van der Waals surface area (Å²) in [5.74, 6) is 0. The quantitative estimate of drug-likeness (QED) is 0.604. The standard InChI is InChI=1S/C20H24N2OS/c1-6-13-8-10-14(11-9-13)17-16(7-2)24-19-21-18(20(3,4)5)15(12-23)22(17)19/h8-12H,6-7H2,1-5H3. The summed E-state index contributed by atoms with van der Waals surface area (Å²) in [6.45, 7) is 10.6. The van der Waals surface area contributed by atoms with Gasteiger partial charge in [0, 0.05) is 10.3 Å². The van der Waals surface area contributed by atoms with Crippen molar-refractivity contribution in [1.82, 2.24) is 9.38 Å². The molecule has 0 unspecified atom stereocenters. The number of aromatic nitrogens is 2. The lowest BCUT2D eigenvalue weighted by Gasteiger charge is -2.16. The number of thiazole rings is 1. The zero-order valence-electron chi connectivity index (χ0n) is 15.0. The van der Waals surface area contributed by atoms with E-state index >= 15 is 0 Å². The van der Waals surface area contributed by atoms with E-state index in [9.17, 15) is 4.79 Å². The Morgan fingerprint density at radius 1 is 1.12 bits per heavy atom. The second kappa shape index (κ2) is 6.17. The molecule has 24 heavy (non-hydrogen) atoms. The maximum absolute atomic E-state index is 11.9. The first-order valence-corrected chi connectivity index (χ1v) is 9.31. The van der Waals surface area contributed by atoms with E-state index in [1.54, 1.807) is 11.3 Å². The Balaban J connectivity index is 2.32. The fourth-order valence-corrected chi connectivity index (χ4v) is 4.16. The Hall–Kier alpha value is -1.94. The molecule has 0 spiro atoms. The number of hydrogen-bond donors (Lipinski definition) is 0. The number of hydrogen-bond acceptors (Lipinski definition) is 3. The smallest absolute Gasteiger partial charge is 0.195 e. The maximum Gasteiger partial charge on any atom is 0.195 e. The molecule has 4 heteroatoms. The number of carbonyl (C=O) groups excluding carboxylic acids is 1. The predicted molar refractivity (Wildman–Crippen MR) is 101 cm³/mol. The number of nitrogens with zero attached hydrogens (tertiary/aromatic N) is 2. The largest absolute Gasteiger partial charge is 0.296 e. The molecule has 0 aliphatic heterocycles. The predicted octanol–water partition coefficient (Wildman–Crippen LogP) is 5.30. The van der Waals surface area contributed by atoms with Crippen LogP contribution in [0.3, 0.4) is 0 Å². The number of aryl methyl sites for hydroxylation is 2. The van der Waals surface area contributed by atoms with Crippen molar-refractivity contribution in [3.63, 3.8) is 0 Å². The van der Waals surface area contributed by atoms with Crippen molar-refractivity contribution in [1.29, 1.82) is 0 Å². The van der Waals surface area contributed by atoms with E-state index in [1.807, 2.05) is 0 Å². The molecule has 1 aromatic carbocycles. The molecule has 0 saturated carbocycles. The molecule has 0 atom stereocenters. The molecule has 0 aliphatic carbocycles. The molecule has 126 valence electrons. The molecule has 0 bridgehead atoms. The van der Waals surface area contributed by atoms with E-state index in [2.05, 4.69) is 63.3 Å². The fraction of sp³-hybridized carbons (Fsp3) is 0.400. The van der Waals surface area contributed by atoms with Crippen molar-refractivity contribution in [2.75, 3.05) is 0 Å². The van der Waals surface area contributed by atoms with Crippen LogP contribution < -0.4 is 0 Å². The topological polar surface area (TPSA) is 34.4 Å². The van der Waals surface area contributed by atoms with E-state index in [0.717, 1.165) is 41.0 Å². The molecule has 2 aromatic heterocycles. The van der Waals surface area contributed by atoms with Crippen LogP contribution in [0, 0.1) is 0 Å². The van der Waals surface area contributed by atoms with Crippen LogP contribution in [0.4, 0.5) is 0 Å². The van der Waals surface area contributed by atoms with Gasteiger partial charge in [0.15, 0.2) is 11.2 Å². The van der Waals surface area contributed by atoms with E-state index in [4.69, 9.17) is 4.98 Å². The average Bonchev–Trinajstić information content (AvgIpc) is 3.09. The highest BCUT2D eigenvalue weighted by molar-refractivity contribution is 7.17. The molecule has 0 radical (unpaired) electrons. The normalized spacial score (nSPS) is 12.0. The van der Waals surface area contributed by atoms with E-state index in [0.29, 0.717) is 5.69 Å². The van der Waals surface area contributed by atoms with Gasteiger partial charge in [-0.1, -0.05) is 58.9 Å². The van der Waals surface area contributed by atoms with Gasteiger partial charge in [-0.15, -0.1) is 11.3 Å². The van der Waals surface area contributed by atoms with E-state index in [-0.39, 0.29) is 5.41 Å². The Kier molecular flexibility index (Phi) is 4.35. The summed E-state index contributed by atoms with van der Waals surface area (Å²) in [6, 6.07) is 8.65. The van der Waals surface area contributed by atoms with E-state index < -0.39 is 0 Å². The lowest BCUT2D eigenvalue weighted by Crippen LogP contribution is -2.15. The van der Waals surface area contributed by atoms with Crippen LogP contribution in [0.25, 0.3) is 16.2 Å².